The average molecular weight is 232 g/mol. The molecule has 0 spiro atoms. The zero-order valence-corrected chi connectivity index (χ0v) is 9.84. The van der Waals surface area contributed by atoms with Crippen molar-refractivity contribution in [3.8, 4) is 6.07 Å². The molecule has 0 radical (unpaired) electrons. The van der Waals surface area contributed by atoms with E-state index in [1.54, 1.807) is 0 Å². The minimum atomic E-state index is -0.916. The third-order valence-electron chi connectivity index (χ3n) is 2.63. The summed E-state index contributed by atoms with van der Waals surface area (Å²) in [5.74, 6) is -1.55. The molecule has 0 aromatic heterocycles. The van der Waals surface area contributed by atoms with E-state index in [0.29, 0.717) is 6.54 Å². The number of aliphatic carboxylic acids is 1. The summed E-state index contributed by atoms with van der Waals surface area (Å²) in [6, 6.07) is 11.5. The van der Waals surface area contributed by atoms with Gasteiger partial charge in [0.25, 0.3) is 0 Å². The van der Waals surface area contributed by atoms with E-state index >= 15 is 0 Å². The molecule has 1 rings (SSSR count). The van der Waals surface area contributed by atoms with Crippen LogP contribution < -0.4 is 4.90 Å². The number of carboxylic acid groups (broad SMARTS) is 1. The number of carboxylic acids is 1. The maximum absolute atomic E-state index is 11.0. The molecule has 1 N–H and O–H groups in total. The normalized spacial score (nSPS) is 11.5. The Hall–Kier alpha value is -2.02. The molecule has 0 aliphatic carbocycles. The first-order valence-electron chi connectivity index (χ1n) is 5.58. The molecule has 0 bridgehead atoms. The standard InChI is InChI=1S/C13H16N2O2/c1-2-15(12-6-4-3-5-7-12)10-11(8-9-14)13(16)17/h3-7,11H,2,8,10H2,1H3,(H,16,17). The van der Waals surface area contributed by atoms with Crippen LogP contribution >= 0.6 is 0 Å². The highest BCUT2D eigenvalue weighted by Gasteiger charge is 2.20. The fourth-order valence-corrected chi connectivity index (χ4v) is 1.66. The fourth-order valence-electron chi connectivity index (χ4n) is 1.66. The van der Waals surface area contributed by atoms with Crippen molar-refractivity contribution in [2.45, 2.75) is 13.3 Å². The van der Waals surface area contributed by atoms with Crippen LogP contribution in [0, 0.1) is 17.2 Å². The van der Waals surface area contributed by atoms with Gasteiger partial charge in [0.2, 0.25) is 0 Å². The monoisotopic (exact) mass is 232 g/mol. The molecule has 1 atom stereocenters. The predicted molar refractivity (Wildman–Crippen MR) is 65.7 cm³/mol. The molecule has 0 saturated heterocycles. The molecule has 1 aromatic carbocycles. The summed E-state index contributed by atoms with van der Waals surface area (Å²) < 4.78 is 0. The van der Waals surface area contributed by atoms with Gasteiger partial charge in [-0.2, -0.15) is 5.26 Å². The zero-order chi connectivity index (χ0) is 12.7. The molecule has 0 saturated carbocycles. The van der Waals surface area contributed by atoms with Gasteiger partial charge in [-0.05, 0) is 19.1 Å². The molecule has 0 heterocycles. The van der Waals surface area contributed by atoms with Crippen LogP contribution in [0.4, 0.5) is 5.69 Å². The highest BCUT2D eigenvalue weighted by Crippen LogP contribution is 2.16. The third kappa shape index (κ3) is 3.80. The number of rotatable bonds is 6. The second kappa shape index (κ2) is 6.54. The van der Waals surface area contributed by atoms with Gasteiger partial charge in [0.05, 0.1) is 18.4 Å². The summed E-state index contributed by atoms with van der Waals surface area (Å²) in [5, 5.41) is 17.6. The van der Waals surface area contributed by atoms with Crippen LogP contribution in [0.5, 0.6) is 0 Å². The lowest BCUT2D eigenvalue weighted by molar-refractivity contribution is -0.141. The Morgan fingerprint density at radius 1 is 1.47 bits per heavy atom. The smallest absolute Gasteiger partial charge is 0.309 e. The highest BCUT2D eigenvalue weighted by atomic mass is 16.4. The maximum Gasteiger partial charge on any atom is 0.309 e. The quantitative estimate of drug-likeness (QED) is 0.816. The van der Waals surface area contributed by atoms with E-state index in [1.807, 2.05) is 48.2 Å². The Labute approximate surface area is 101 Å². The fraction of sp³-hybridized carbons (Fsp3) is 0.385. The first kappa shape index (κ1) is 13.0. The van der Waals surface area contributed by atoms with Gasteiger partial charge in [-0.3, -0.25) is 4.79 Å². The van der Waals surface area contributed by atoms with E-state index in [2.05, 4.69) is 0 Å². The minimum Gasteiger partial charge on any atom is -0.481 e. The van der Waals surface area contributed by atoms with Crippen molar-refractivity contribution in [2.24, 2.45) is 5.92 Å². The Morgan fingerprint density at radius 3 is 2.59 bits per heavy atom. The Kier molecular flexibility index (Phi) is 5.02. The first-order valence-corrected chi connectivity index (χ1v) is 5.58. The number of hydrogen-bond donors (Lipinski definition) is 1. The topological polar surface area (TPSA) is 64.3 Å². The summed E-state index contributed by atoms with van der Waals surface area (Å²) in [4.78, 5) is 13.0. The van der Waals surface area contributed by atoms with E-state index in [9.17, 15) is 4.79 Å². The second-order valence-electron chi connectivity index (χ2n) is 3.77. The van der Waals surface area contributed by atoms with Gasteiger partial charge in [0.15, 0.2) is 0 Å². The van der Waals surface area contributed by atoms with Gasteiger partial charge < -0.3 is 10.0 Å². The van der Waals surface area contributed by atoms with Crippen molar-refractivity contribution < 1.29 is 9.90 Å². The largest absolute Gasteiger partial charge is 0.481 e. The molecular formula is C13H16N2O2. The molecule has 1 unspecified atom stereocenters. The average Bonchev–Trinajstić information content (AvgIpc) is 2.35. The predicted octanol–water partition coefficient (Wildman–Crippen LogP) is 2.13. The van der Waals surface area contributed by atoms with Crippen LogP contribution in [0.15, 0.2) is 30.3 Å². The Balaban J connectivity index is 2.76. The highest BCUT2D eigenvalue weighted by molar-refractivity contribution is 5.71. The van der Waals surface area contributed by atoms with Crippen LogP contribution in [0.1, 0.15) is 13.3 Å². The van der Waals surface area contributed by atoms with Crippen LogP contribution in [0.3, 0.4) is 0 Å². The van der Waals surface area contributed by atoms with Crippen LogP contribution in [-0.2, 0) is 4.79 Å². The number of benzene rings is 1. The Morgan fingerprint density at radius 2 is 2.12 bits per heavy atom. The summed E-state index contributed by atoms with van der Waals surface area (Å²) in [6.45, 7) is 3.06. The number of nitrogens with zero attached hydrogens (tertiary/aromatic N) is 2. The van der Waals surface area contributed by atoms with Gasteiger partial charge in [0.1, 0.15) is 0 Å². The van der Waals surface area contributed by atoms with E-state index in [4.69, 9.17) is 10.4 Å². The van der Waals surface area contributed by atoms with E-state index in [0.717, 1.165) is 12.2 Å². The van der Waals surface area contributed by atoms with E-state index in [-0.39, 0.29) is 6.42 Å². The zero-order valence-electron chi connectivity index (χ0n) is 9.84. The third-order valence-corrected chi connectivity index (χ3v) is 2.63. The number of carbonyl (C=O) groups is 1. The lowest BCUT2D eigenvalue weighted by Gasteiger charge is -2.25. The summed E-state index contributed by atoms with van der Waals surface area (Å²) in [6.07, 6.45) is 0.0403. The molecule has 0 aliphatic heterocycles. The van der Waals surface area contributed by atoms with Gasteiger partial charge in [-0.15, -0.1) is 0 Å². The van der Waals surface area contributed by atoms with E-state index in [1.165, 1.54) is 0 Å². The van der Waals surface area contributed by atoms with Crippen LogP contribution in [0.2, 0.25) is 0 Å². The van der Waals surface area contributed by atoms with Crippen molar-refractivity contribution in [2.75, 3.05) is 18.0 Å². The number of hydrogen-bond acceptors (Lipinski definition) is 3. The Bertz CT molecular complexity index is 398. The molecule has 0 fully saturated rings. The molecule has 17 heavy (non-hydrogen) atoms. The summed E-state index contributed by atoms with van der Waals surface area (Å²) >= 11 is 0. The molecule has 0 amide bonds. The SMILES string of the molecule is CCN(CC(CC#N)C(=O)O)c1ccccc1. The number of nitriles is 1. The van der Waals surface area contributed by atoms with Crippen molar-refractivity contribution in [1.82, 2.24) is 0 Å². The number of anilines is 1. The number of para-hydroxylation sites is 1. The lowest BCUT2D eigenvalue weighted by atomic mass is 10.1. The van der Waals surface area contributed by atoms with Crippen LogP contribution in [-0.4, -0.2) is 24.2 Å². The van der Waals surface area contributed by atoms with Crippen molar-refractivity contribution in [3.63, 3.8) is 0 Å². The minimum absolute atomic E-state index is 0.0403. The van der Waals surface area contributed by atoms with Gasteiger partial charge in [-0.1, -0.05) is 18.2 Å². The molecule has 0 aliphatic rings. The van der Waals surface area contributed by atoms with Crippen LogP contribution in [0.25, 0.3) is 0 Å². The molecular weight excluding hydrogens is 216 g/mol. The summed E-state index contributed by atoms with van der Waals surface area (Å²) in [7, 11) is 0. The van der Waals surface area contributed by atoms with Gasteiger partial charge in [-0.25, -0.2) is 0 Å². The van der Waals surface area contributed by atoms with Gasteiger partial charge >= 0.3 is 5.97 Å². The summed E-state index contributed by atoms with van der Waals surface area (Å²) in [5.41, 5.74) is 0.985. The van der Waals surface area contributed by atoms with Gasteiger partial charge in [0, 0.05) is 18.8 Å². The van der Waals surface area contributed by atoms with Crippen molar-refractivity contribution >= 4 is 11.7 Å². The maximum atomic E-state index is 11.0. The molecule has 1 aromatic rings. The molecule has 90 valence electrons. The van der Waals surface area contributed by atoms with Crippen molar-refractivity contribution in [1.29, 1.82) is 5.26 Å². The van der Waals surface area contributed by atoms with E-state index < -0.39 is 11.9 Å². The second-order valence-corrected chi connectivity index (χ2v) is 3.77. The lowest BCUT2D eigenvalue weighted by Crippen LogP contribution is -2.33. The molecule has 4 heteroatoms. The van der Waals surface area contributed by atoms with Crippen molar-refractivity contribution in [3.05, 3.63) is 30.3 Å². The molecule has 4 nitrogen and oxygen atoms in total. The first-order chi connectivity index (χ1) is 8.19.